The Morgan fingerprint density at radius 3 is 2.35 bits per heavy atom. The molecule has 0 aliphatic heterocycles. The van der Waals surface area contributed by atoms with Crippen molar-refractivity contribution < 1.29 is 23.5 Å². The van der Waals surface area contributed by atoms with Crippen LogP contribution >= 0.6 is 15.9 Å². The van der Waals surface area contributed by atoms with Crippen molar-refractivity contribution in [1.82, 2.24) is 0 Å². The van der Waals surface area contributed by atoms with E-state index in [0.29, 0.717) is 0 Å². The van der Waals surface area contributed by atoms with Gasteiger partial charge in [0.1, 0.15) is 0 Å². The van der Waals surface area contributed by atoms with Gasteiger partial charge < -0.3 is 5.11 Å². The third-order valence-corrected chi connectivity index (χ3v) is 2.59. The third kappa shape index (κ3) is 2.88. The molecule has 1 atom stereocenters. The number of rotatable bonds is 4. The topological polar surface area (TPSA) is 54.4 Å². The number of hydrogen-bond acceptors (Lipinski definition) is 2. The molecule has 0 heterocycles. The third-order valence-electron chi connectivity index (χ3n) is 2.17. The van der Waals surface area contributed by atoms with Crippen LogP contribution in [-0.2, 0) is 0 Å². The zero-order valence-electron chi connectivity index (χ0n) is 8.78. The van der Waals surface area contributed by atoms with Crippen molar-refractivity contribution in [2.75, 3.05) is 0 Å². The Hall–Kier alpha value is -1.30. The van der Waals surface area contributed by atoms with E-state index in [-0.39, 0.29) is 5.56 Å². The van der Waals surface area contributed by atoms with Gasteiger partial charge in [0.05, 0.1) is 10.4 Å². The molecule has 0 aliphatic carbocycles. The van der Waals surface area contributed by atoms with Crippen LogP contribution in [0.3, 0.4) is 0 Å². The number of hydrogen-bond donors (Lipinski definition) is 1. The molecular weight excluding hydrogens is 298 g/mol. The molecule has 17 heavy (non-hydrogen) atoms. The Balaban J connectivity index is 3.46. The van der Waals surface area contributed by atoms with Gasteiger partial charge in [0, 0.05) is 11.1 Å². The molecule has 0 amide bonds. The summed E-state index contributed by atoms with van der Waals surface area (Å²) in [6.45, 7) is 1.50. The van der Waals surface area contributed by atoms with Crippen LogP contribution in [0.4, 0.5) is 8.78 Å². The van der Waals surface area contributed by atoms with E-state index in [2.05, 4.69) is 15.9 Å². The first-order valence-electron chi connectivity index (χ1n) is 4.69. The van der Waals surface area contributed by atoms with Gasteiger partial charge in [-0.3, -0.25) is 4.79 Å². The van der Waals surface area contributed by atoms with Crippen molar-refractivity contribution in [1.29, 1.82) is 0 Å². The number of aromatic carboxylic acids is 1. The second-order valence-electron chi connectivity index (χ2n) is 3.36. The van der Waals surface area contributed by atoms with Gasteiger partial charge in [0.2, 0.25) is 0 Å². The Labute approximate surface area is 105 Å². The maximum Gasteiger partial charge on any atom is 0.336 e. The molecule has 0 aliphatic rings. The molecule has 3 nitrogen and oxygen atoms in total. The van der Waals surface area contributed by atoms with Crippen molar-refractivity contribution in [3.8, 4) is 0 Å². The number of carbonyl (C=O) groups excluding carboxylic acids is 1. The molecule has 1 N–H and O–H groups in total. The molecular formula is C11H9BrF2O3. The molecule has 1 rings (SSSR count). The van der Waals surface area contributed by atoms with Crippen LogP contribution in [0.5, 0.6) is 0 Å². The minimum Gasteiger partial charge on any atom is -0.478 e. The maximum atomic E-state index is 12.6. The molecule has 1 aromatic rings. The number of ketones is 1. The predicted octanol–water partition coefficient (Wildman–Crippen LogP) is 3.29. The number of Topliss-reactive ketones (excluding diaryl/α,β-unsaturated/α-hetero) is 1. The predicted molar refractivity (Wildman–Crippen MR) is 61.1 cm³/mol. The van der Waals surface area contributed by atoms with Crippen molar-refractivity contribution in [2.24, 2.45) is 0 Å². The quantitative estimate of drug-likeness (QED) is 0.686. The summed E-state index contributed by atoms with van der Waals surface area (Å²) < 4.78 is 25.3. The second kappa shape index (κ2) is 5.35. The smallest absolute Gasteiger partial charge is 0.336 e. The summed E-state index contributed by atoms with van der Waals surface area (Å²) in [6.07, 6.45) is -2.93. The molecule has 0 radical (unpaired) electrons. The zero-order chi connectivity index (χ0) is 13.2. The lowest BCUT2D eigenvalue weighted by molar-refractivity contribution is 0.0679. The van der Waals surface area contributed by atoms with E-state index in [1.807, 2.05) is 0 Å². The molecule has 0 saturated carbocycles. The Morgan fingerprint density at radius 2 is 1.94 bits per heavy atom. The van der Waals surface area contributed by atoms with Crippen LogP contribution in [-0.4, -0.2) is 21.7 Å². The average Bonchev–Trinajstić information content (AvgIpc) is 2.26. The van der Waals surface area contributed by atoms with Gasteiger partial charge >= 0.3 is 5.97 Å². The lowest BCUT2D eigenvalue weighted by Gasteiger charge is -2.11. The second-order valence-corrected chi connectivity index (χ2v) is 4.73. The fourth-order valence-electron chi connectivity index (χ4n) is 1.41. The normalized spacial score (nSPS) is 12.5. The van der Waals surface area contributed by atoms with E-state index in [4.69, 9.17) is 5.11 Å². The zero-order valence-corrected chi connectivity index (χ0v) is 10.4. The minimum absolute atomic E-state index is 0.209. The highest BCUT2D eigenvalue weighted by molar-refractivity contribution is 9.10. The van der Waals surface area contributed by atoms with Crippen molar-refractivity contribution >= 4 is 27.7 Å². The van der Waals surface area contributed by atoms with Gasteiger partial charge in [-0.25, -0.2) is 13.6 Å². The number of carboxylic acids is 1. The number of benzene rings is 1. The fourth-order valence-corrected chi connectivity index (χ4v) is 1.66. The van der Waals surface area contributed by atoms with Gasteiger partial charge in [-0.2, -0.15) is 0 Å². The lowest BCUT2D eigenvalue weighted by atomic mass is 9.97. The van der Waals surface area contributed by atoms with Crippen molar-refractivity contribution in [3.05, 3.63) is 34.9 Å². The fraction of sp³-hybridized carbons (Fsp3) is 0.273. The van der Waals surface area contributed by atoms with Crippen molar-refractivity contribution in [3.63, 3.8) is 0 Å². The molecule has 0 aromatic heterocycles. The molecule has 0 bridgehead atoms. The summed E-state index contributed by atoms with van der Waals surface area (Å²) in [6, 6.07) is 3.48. The summed E-state index contributed by atoms with van der Waals surface area (Å²) in [5.41, 5.74) is -1.48. The van der Waals surface area contributed by atoms with Crippen LogP contribution in [0.15, 0.2) is 18.2 Å². The first kappa shape index (κ1) is 13.8. The monoisotopic (exact) mass is 306 g/mol. The van der Waals surface area contributed by atoms with Crippen molar-refractivity contribution in [2.45, 2.75) is 18.2 Å². The summed E-state index contributed by atoms with van der Waals surface area (Å²) >= 11 is 2.99. The van der Waals surface area contributed by atoms with E-state index < -0.39 is 34.1 Å². The van der Waals surface area contributed by atoms with Crippen LogP contribution in [0.1, 0.15) is 39.6 Å². The van der Waals surface area contributed by atoms with Crippen LogP contribution in [0.25, 0.3) is 0 Å². The van der Waals surface area contributed by atoms with Crippen LogP contribution in [0, 0.1) is 0 Å². The standard InChI is InChI=1S/C11H9BrF2O3/c1-5(12)9(15)6-3-2-4-7(10(13)14)8(6)11(16)17/h2-5,10H,1H3,(H,16,17). The van der Waals surface area contributed by atoms with E-state index >= 15 is 0 Å². The Kier molecular flexibility index (Phi) is 4.34. The van der Waals surface area contributed by atoms with Gasteiger partial charge in [-0.1, -0.05) is 34.1 Å². The van der Waals surface area contributed by atoms with Gasteiger partial charge in [-0.05, 0) is 6.92 Å². The Morgan fingerprint density at radius 1 is 1.35 bits per heavy atom. The lowest BCUT2D eigenvalue weighted by Crippen LogP contribution is -2.17. The first-order valence-corrected chi connectivity index (χ1v) is 5.60. The highest BCUT2D eigenvalue weighted by atomic mass is 79.9. The molecule has 0 saturated heterocycles. The molecule has 0 spiro atoms. The van der Waals surface area contributed by atoms with Crippen LogP contribution in [0.2, 0.25) is 0 Å². The van der Waals surface area contributed by atoms with E-state index in [1.165, 1.54) is 19.1 Å². The number of carbonyl (C=O) groups is 2. The number of alkyl halides is 3. The number of halogens is 3. The van der Waals surface area contributed by atoms with Gasteiger partial charge in [0.15, 0.2) is 5.78 Å². The van der Waals surface area contributed by atoms with E-state index in [1.54, 1.807) is 0 Å². The molecule has 1 aromatic carbocycles. The summed E-state index contributed by atoms with van der Waals surface area (Å²) in [7, 11) is 0. The largest absolute Gasteiger partial charge is 0.478 e. The summed E-state index contributed by atoms with van der Waals surface area (Å²) in [5.74, 6) is -2.07. The van der Waals surface area contributed by atoms with E-state index in [0.717, 1.165) is 6.07 Å². The molecule has 1 unspecified atom stereocenters. The van der Waals surface area contributed by atoms with Gasteiger partial charge in [0.25, 0.3) is 6.43 Å². The minimum atomic E-state index is -2.93. The Bertz CT molecular complexity index is 458. The van der Waals surface area contributed by atoms with Crippen LogP contribution < -0.4 is 0 Å². The summed E-state index contributed by atoms with van der Waals surface area (Å²) in [4.78, 5) is 22.0. The highest BCUT2D eigenvalue weighted by Crippen LogP contribution is 2.27. The summed E-state index contributed by atoms with van der Waals surface area (Å²) in [5, 5.41) is 8.93. The maximum absolute atomic E-state index is 12.6. The SMILES string of the molecule is CC(Br)C(=O)c1cccc(C(F)F)c1C(=O)O. The van der Waals surface area contributed by atoms with E-state index in [9.17, 15) is 18.4 Å². The van der Waals surface area contributed by atoms with Gasteiger partial charge in [-0.15, -0.1) is 0 Å². The number of carboxylic acid groups (broad SMARTS) is 1. The average molecular weight is 307 g/mol. The molecule has 92 valence electrons. The first-order chi connectivity index (χ1) is 7.86. The molecule has 0 fully saturated rings. The molecule has 6 heteroatoms. The highest BCUT2D eigenvalue weighted by Gasteiger charge is 2.25.